The van der Waals surface area contributed by atoms with Crippen molar-refractivity contribution in [1.82, 2.24) is 0 Å². The lowest BCUT2D eigenvalue weighted by atomic mass is 10.1. The third-order valence-electron chi connectivity index (χ3n) is 2.53. The van der Waals surface area contributed by atoms with Gasteiger partial charge in [0.05, 0.1) is 11.3 Å². The van der Waals surface area contributed by atoms with Crippen LogP contribution in [-0.4, -0.2) is 0 Å². The summed E-state index contributed by atoms with van der Waals surface area (Å²) in [6.07, 6.45) is 0. The summed E-state index contributed by atoms with van der Waals surface area (Å²) >= 11 is 1.39. The van der Waals surface area contributed by atoms with Gasteiger partial charge in [-0.1, -0.05) is 6.07 Å². The van der Waals surface area contributed by atoms with Crippen molar-refractivity contribution in [3.63, 3.8) is 0 Å². The highest BCUT2D eigenvalue weighted by Crippen LogP contribution is 2.26. The Hall–Kier alpha value is -2.06. The molecule has 0 fully saturated rings. The van der Waals surface area contributed by atoms with E-state index in [1.807, 2.05) is 0 Å². The molecule has 0 aliphatic heterocycles. The van der Waals surface area contributed by atoms with Crippen molar-refractivity contribution in [2.75, 3.05) is 5.73 Å². The zero-order chi connectivity index (χ0) is 13.8. The minimum absolute atomic E-state index is 0.0154. The average molecular weight is 276 g/mol. The molecule has 0 spiro atoms. The number of thioether (sulfide) groups is 1. The highest BCUT2D eigenvalue weighted by atomic mass is 32.2. The summed E-state index contributed by atoms with van der Waals surface area (Å²) in [4.78, 5) is 0.731. The number of halogens is 2. The van der Waals surface area contributed by atoms with Gasteiger partial charge in [-0.05, 0) is 35.9 Å². The number of hydrogen-bond donors (Lipinski definition) is 1. The number of nitriles is 1. The number of nitrogen functional groups attached to an aromatic ring is 1. The summed E-state index contributed by atoms with van der Waals surface area (Å²) in [6.45, 7) is 0. The van der Waals surface area contributed by atoms with Crippen molar-refractivity contribution in [1.29, 1.82) is 5.26 Å². The van der Waals surface area contributed by atoms with Crippen molar-refractivity contribution < 1.29 is 8.78 Å². The maximum atomic E-state index is 13.2. The Labute approximate surface area is 113 Å². The van der Waals surface area contributed by atoms with E-state index in [1.54, 1.807) is 18.2 Å². The molecule has 5 heteroatoms. The van der Waals surface area contributed by atoms with Gasteiger partial charge < -0.3 is 5.73 Å². The van der Waals surface area contributed by atoms with Gasteiger partial charge in [0.2, 0.25) is 0 Å². The number of nitrogens with zero attached hydrogens (tertiary/aromatic N) is 1. The fourth-order valence-electron chi connectivity index (χ4n) is 1.51. The highest BCUT2D eigenvalue weighted by Gasteiger charge is 2.05. The Bertz CT molecular complexity index is 650. The Morgan fingerprint density at radius 3 is 2.58 bits per heavy atom. The normalized spacial score (nSPS) is 10.2. The SMILES string of the molecule is N#Cc1cc(CSc2ccc(N)c(F)c2)ccc1F. The van der Waals surface area contributed by atoms with Crippen LogP contribution in [0.1, 0.15) is 11.1 Å². The quantitative estimate of drug-likeness (QED) is 0.686. The van der Waals surface area contributed by atoms with E-state index in [0.29, 0.717) is 5.75 Å². The van der Waals surface area contributed by atoms with Gasteiger partial charge >= 0.3 is 0 Å². The molecule has 0 atom stereocenters. The van der Waals surface area contributed by atoms with Gasteiger partial charge in [0.1, 0.15) is 17.7 Å². The van der Waals surface area contributed by atoms with Crippen LogP contribution >= 0.6 is 11.8 Å². The minimum atomic E-state index is -0.533. The van der Waals surface area contributed by atoms with Crippen LogP contribution in [0.25, 0.3) is 0 Å². The van der Waals surface area contributed by atoms with Crippen LogP contribution in [0.3, 0.4) is 0 Å². The summed E-state index contributed by atoms with van der Waals surface area (Å²) in [5.74, 6) is -0.463. The first-order valence-corrected chi connectivity index (χ1v) is 6.45. The fraction of sp³-hybridized carbons (Fsp3) is 0.0714. The molecule has 2 aromatic rings. The lowest BCUT2D eigenvalue weighted by molar-refractivity contribution is 0.623. The van der Waals surface area contributed by atoms with E-state index in [0.717, 1.165) is 10.5 Å². The number of nitrogens with two attached hydrogens (primary N) is 1. The summed E-state index contributed by atoms with van der Waals surface area (Å²) in [7, 11) is 0. The summed E-state index contributed by atoms with van der Waals surface area (Å²) in [6, 6.07) is 10.7. The lowest BCUT2D eigenvalue weighted by Gasteiger charge is -2.04. The molecular formula is C14H10F2N2S. The van der Waals surface area contributed by atoms with Crippen molar-refractivity contribution >= 4 is 17.4 Å². The molecule has 0 radical (unpaired) electrons. The van der Waals surface area contributed by atoms with E-state index in [-0.39, 0.29) is 11.3 Å². The molecule has 0 aromatic heterocycles. The Kier molecular flexibility index (Phi) is 4.03. The van der Waals surface area contributed by atoms with E-state index in [2.05, 4.69) is 0 Å². The first-order valence-electron chi connectivity index (χ1n) is 5.46. The maximum absolute atomic E-state index is 13.2. The van der Waals surface area contributed by atoms with Crippen LogP contribution in [0.5, 0.6) is 0 Å². The Morgan fingerprint density at radius 2 is 1.89 bits per heavy atom. The monoisotopic (exact) mass is 276 g/mol. The van der Waals surface area contributed by atoms with E-state index < -0.39 is 11.6 Å². The van der Waals surface area contributed by atoms with Gasteiger partial charge in [-0.2, -0.15) is 5.26 Å². The predicted molar refractivity (Wildman–Crippen MR) is 71.5 cm³/mol. The molecule has 0 bridgehead atoms. The molecule has 96 valence electrons. The summed E-state index contributed by atoms with van der Waals surface area (Å²) in [5, 5.41) is 8.73. The zero-order valence-electron chi connectivity index (χ0n) is 9.86. The first kappa shape index (κ1) is 13.4. The minimum Gasteiger partial charge on any atom is -0.396 e. The first-order chi connectivity index (χ1) is 9.10. The molecule has 2 aromatic carbocycles. The van der Waals surface area contributed by atoms with Crippen LogP contribution < -0.4 is 5.73 Å². The second-order valence-corrected chi connectivity index (χ2v) is 4.95. The second-order valence-electron chi connectivity index (χ2n) is 3.90. The summed E-state index contributed by atoms with van der Waals surface area (Å²) < 4.78 is 26.4. The molecule has 0 amide bonds. The molecule has 2 N–H and O–H groups in total. The van der Waals surface area contributed by atoms with E-state index in [9.17, 15) is 8.78 Å². The van der Waals surface area contributed by atoms with Crippen molar-refractivity contribution in [2.24, 2.45) is 0 Å². The average Bonchev–Trinajstić information content (AvgIpc) is 2.41. The molecular weight excluding hydrogens is 266 g/mol. The smallest absolute Gasteiger partial charge is 0.147 e. The number of hydrogen-bond acceptors (Lipinski definition) is 3. The molecule has 2 rings (SSSR count). The molecule has 0 saturated carbocycles. The van der Waals surface area contributed by atoms with Gasteiger partial charge in [0.25, 0.3) is 0 Å². The number of anilines is 1. The number of rotatable bonds is 3. The van der Waals surface area contributed by atoms with E-state index in [4.69, 9.17) is 11.0 Å². The Morgan fingerprint density at radius 1 is 1.11 bits per heavy atom. The van der Waals surface area contributed by atoms with Crippen molar-refractivity contribution in [2.45, 2.75) is 10.6 Å². The third-order valence-corrected chi connectivity index (χ3v) is 3.59. The summed E-state index contributed by atoms with van der Waals surface area (Å²) in [5.41, 5.74) is 6.32. The molecule has 0 aliphatic rings. The van der Waals surface area contributed by atoms with Gasteiger partial charge in [-0.3, -0.25) is 0 Å². The molecule has 19 heavy (non-hydrogen) atoms. The largest absolute Gasteiger partial charge is 0.396 e. The van der Waals surface area contributed by atoms with Crippen LogP contribution in [0.4, 0.5) is 14.5 Å². The van der Waals surface area contributed by atoms with Crippen molar-refractivity contribution in [3.8, 4) is 6.07 Å². The lowest BCUT2D eigenvalue weighted by Crippen LogP contribution is -1.90. The molecule has 0 heterocycles. The van der Waals surface area contributed by atoms with Gasteiger partial charge in [0, 0.05) is 10.6 Å². The highest BCUT2D eigenvalue weighted by molar-refractivity contribution is 7.98. The Balaban J connectivity index is 2.10. The van der Waals surface area contributed by atoms with Crippen LogP contribution in [0.2, 0.25) is 0 Å². The van der Waals surface area contributed by atoms with Gasteiger partial charge in [0.15, 0.2) is 0 Å². The van der Waals surface area contributed by atoms with Crippen LogP contribution in [0, 0.1) is 23.0 Å². The standard InChI is InChI=1S/C14H10F2N2S/c15-12-3-1-9(5-10(12)7-17)8-19-11-2-4-14(18)13(16)6-11/h1-6H,8,18H2. The zero-order valence-corrected chi connectivity index (χ0v) is 10.7. The maximum Gasteiger partial charge on any atom is 0.147 e. The van der Waals surface area contributed by atoms with Crippen LogP contribution in [0.15, 0.2) is 41.3 Å². The van der Waals surface area contributed by atoms with E-state index >= 15 is 0 Å². The third kappa shape index (κ3) is 3.24. The van der Waals surface area contributed by atoms with E-state index in [1.165, 1.54) is 36.0 Å². The second kappa shape index (κ2) is 5.72. The molecule has 0 saturated heterocycles. The molecule has 0 unspecified atom stereocenters. The number of benzene rings is 2. The predicted octanol–water partition coefficient (Wildman–Crippen LogP) is 3.71. The molecule has 0 aliphatic carbocycles. The molecule has 2 nitrogen and oxygen atoms in total. The van der Waals surface area contributed by atoms with Gasteiger partial charge in [-0.25, -0.2) is 8.78 Å². The van der Waals surface area contributed by atoms with Crippen molar-refractivity contribution in [3.05, 3.63) is 59.2 Å². The topological polar surface area (TPSA) is 49.8 Å². The van der Waals surface area contributed by atoms with Gasteiger partial charge in [-0.15, -0.1) is 11.8 Å². The van der Waals surface area contributed by atoms with Crippen LogP contribution in [-0.2, 0) is 5.75 Å². The fourth-order valence-corrected chi connectivity index (χ4v) is 2.38.